The maximum absolute atomic E-state index is 9.68. The maximum atomic E-state index is 9.68. The first-order valence-corrected chi connectivity index (χ1v) is 15.6. The minimum atomic E-state index is 0.0283. The Morgan fingerprint density at radius 3 is 1.55 bits per heavy atom. The standard InChI is InChI=1S/C34H44O4/c35-1-3-37-28-11-27-12-32(38-4-2-36)31(34-18-24-8-25(19-34)10-26(9-24)20-34)14-29(27)30(13-28)33-15-21-5-22(16-33)7-23(6-21)17-33/h11-14,21-26,35-36H,1-10,15-20H2. The summed E-state index contributed by atoms with van der Waals surface area (Å²) in [6.07, 6.45) is 16.5. The predicted octanol–water partition coefficient (Wildman–Crippen LogP) is 6.52. The van der Waals surface area contributed by atoms with E-state index in [-0.39, 0.29) is 24.0 Å². The topological polar surface area (TPSA) is 58.9 Å². The zero-order valence-electron chi connectivity index (χ0n) is 22.8. The molecule has 4 heteroatoms. The number of hydrogen-bond acceptors (Lipinski definition) is 4. The van der Waals surface area contributed by atoms with Crippen molar-refractivity contribution in [2.24, 2.45) is 35.5 Å². The molecule has 8 aliphatic carbocycles. The van der Waals surface area contributed by atoms with Gasteiger partial charge in [-0.2, -0.15) is 0 Å². The van der Waals surface area contributed by atoms with Gasteiger partial charge in [0, 0.05) is 5.56 Å². The molecule has 0 saturated heterocycles. The van der Waals surface area contributed by atoms with Gasteiger partial charge >= 0.3 is 0 Å². The molecule has 4 nitrogen and oxygen atoms in total. The Balaban J connectivity index is 1.31. The van der Waals surface area contributed by atoms with Crippen molar-refractivity contribution >= 4 is 10.8 Å². The van der Waals surface area contributed by atoms with Crippen LogP contribution in [0.5, 0.6) is 11.5 Å². The minimum absolute atomic E-state index is 0.0283. The van der Waals surface area contributed by atoms with Crippen molar-refractivity contribution in [2.45, 2.75) is 87.9 Å². The number of aliphatic hydroxyl groups is 2. The van der Waals surface area contributed by atoms with Crippen LogP contribution < -0.4 is 9.47 Å². The van der Waals surface area contributed by atoms with E-state index in [0.717, 1.165) is 47.0 Å². The fourth-order valence-corrected chi connectivity index (χ4v) is 11.6. The van der Waals surface area contributed by atoms with Gasteiger partial charge in [0.1, 0.15) is 24.7 Å². The lowest BCUT2D eigenvalue weighted by Gasteiger charge is -2.58. The molecule has 204 valence electrons. The Morgan fingerprint density at radius 2 is 1.05 bits per heavy atom. The molecule has 10 rings (SSSR count). The summed E-state index contributed by atoms with van der Waals surface area (Å²) in [5, 5.41) is 21.8. The molecule has 0 unspecified atom stereocenters. The molecule has 38 heavy (non-hydrogen) atoms. The number of ether oxygens (including phenoxy) is 2. The van der Waals surface area contributed by atoms with Gasteiger partial charge in [-0.15, -0.1) is 0 Å². The van der Waals surface area contributed by atoms with Crippen LogP contribution in [-0.4, -0.2) is 36.6 Å². The average Bonchev–Trinajstić information content (AvgIpc) is 2.88. The summed E-state index contributed by atoms with van der Waals surface area (Å²) in [6, 6.07) is 9.39. The predicted molar refractivity (Wildman–Crippen MR) is 149 cm³/mol. The number of rotatable bonds is 8. The van der Waals surface area contributed by atoms with E-state index in [4.69, 9.17) is 9.47 Å². The molecule has 0 amide bonds. The highest BCUT2D eigenvalue weighted by atomic mass is 16.5. The summed E-state index contributed by atoms with van der Waals surface area (Å²) in [4.78, 5) is 0. The van der Waals surface area contributed by atoms with Crippen molar-refractivity contribution in [3.63, 3.8) is 0 Å². The van der Waals surface area contributed by atoms with Crippen molar-refractivity contribution in [3.8, 4) is 11.5 Å². The van der Waals surface area contributed by atoms with Gasteiger partial charge in [-0.3, -0.25) is 0 Å². The number of aliphatic hydroxyl groups excluding tert-OH is 2. The molecule has 0 heterocycles. The lowest BCUT2D eigenvalue weighted by atomic mass is 9.47. The van der Waals surface area contributed by atoms with Crippen LogP contribution in [0.4, 0.5) is 0 Å². The Bertz CT molecular complexity index is 1160. The lowest BCUT2D eigenvalue weighted by molar-refractivity contribution is -0.00677. The smallest absolute Gasteiger partial charge is 0.123 e. The first-order chi connectivity index (χ1) is 18.5. The Hall–Kier alpha value is -1.78. The quantitative estimate of drug-likeness (QED) is 0.420. The molecule has 8 bridgehead atoms. The SMILES string of the molecule is OCCOc1cc(C23CC4CC(CC(C4)C2)C3)c2cc(C34CC5CC(CC(C5)C3)C4)c(OCCO)cc2c1. The highest BCUT2D eigenvalue weighted by Gasteiger charge is 2.54. The Labute approximate surface area is 227 Å². The maximum Gasteiger partial charge on any atom is 0.123 e. The van der Waals surface area contributed by atoms with Crippen LogP contribution in [0.25, 0.3) is 10.8 Å². The average molecular weight is 517 g/mol. The molecule has 8 saturated carbocycles. The summed E-state index contributed by atoms with van der Waals surface area (Å²) >= 11 is 0. The number of hydrogen-bond donors (Lipinski definition) is 2. The Kier molecular flexibility index (Phi) is 5.61. The van der Waals surface area contributed by atoms with Crippen LogP contribution in [0.3, 0.4) is 0 Å². The minimum Gasteiger partial charge on any atom is -0.491 e. The zero-order valence-corrected chi connectivity index (χ0v) is 22.8. The number of fused-ring (bicyclic) bond motifs is 1. The summed E-state index contributed by atoms with van der Waals surface area (Å²) < 4.78 is 12.5. The summed E-state index contributed by atoms with van der Waals surface area (Å²) in [5.74, 6) is 7.14. The second-order valence-electron chi connectivity index (χ2n) is 14.6. The van der Waals surface area contributed by atoms with E-state index in [1.165, 1.54) is 98.9 Å². The van der Waals surface area contributed by atoms with Crippen molar-refractivity contribution in [1.82, 2.24) is 0 Å². The molecular formula is C34H44O4. The van der Waals surface area contributed by atoms with E-state index in [1.807, 2.05) is 0 Å². The third-order valence-corrected chi connectivity index (χ3v) is 12.0. The number of benzene rings is 2. The van der Waals surface area contributed by atoms with Crippen LogP contribution in [0, 0.1) is 35.5 Å². The van der Waals surface area contributed by atoms with E-state index in [9.17, 15) is 10.2 Å². The molecule has 2 aromatic rings. The lowest BCUT2D eigenvalue weighted by Crippen LogP contribution is -2.49. The molecule has 0 aromatic heterocycles. The third-order valence-electron chi connectivity index (χ3n) is 12.0. The van der Waals surface area contributed by atoms with Crippen molar-refractivity contribution in [1.29, 1.82) is 0 Å². The van der Waals surface area contributed by atoms with E-state index in [0.29, 0.717) is 13.2 Å². The van der Waals surface area contributed by atoms with Crippen LogP contribution in [-0.2, 0) is 10.8 Å². The van der Waals surface area contributed by atoms with Gasteiger partial charge < -0.3 is 19.7 Å². The van der Waals surface area contributed by atoms with Gasteiger partial charge in [0.05, 0.1) is 13.2 Å². The van der Waals surface area contributed by atoms with Crippen molar-refractivity contribution < 1.29 is 19.7 Å². The highest BCUT2D eigenvalue weighted by Crippen LogP contribution is 2.64. The molecule has 8 fully saturated rings. The van der Waals surface area contributed by atoms with Crippen LogP contribution >= 0.6 is 0 Å². The highest BCUT2D eigenvalue weighted by molar-refractivity contribution is 5.91. The Morgan fingerprint density at radius 1 is 0.579 bits per heavy atom. The summed E-state index contributed by atoms with van der Waals surface area (Å²) in [7, 11) is 0. The van der Waals surface area contributed by atoms with Crippen LogP contribution in [0.15, 0.2) is 24.3 Å². The fourth-order valence-electron chi connectivity index (χ4n) is 11.6. The van der Waals surface area contributed by atoms with Gasteiger partial charge in [-0.05, 0) is 164 Å². The zero-order chi connectivity index (χ0) is 25.5. The molecule has 2 aromatic carbocycles. The monoisotopic (exact) mass is 516 g/mol. The molecular weight excluding hydrogens is 472 g/mol. The second-order valence-corrected chi connectivity index (χ2v) is 14.6. The van der Waals surface area contributed by atoms with Crippen molar-refractivity contribution in [3.05, 3.63) is 35.4 Å². The van der Waals surface area contributed by atoms with Gasteiger partial charge in [-0.1, -0.05) is 0 Å². The normalized spacial score (nSPS) is 40.3. The second kappa shape index (κ2) is 8.86. The van der Waals surface area contributed by atoms with E-state index in [1.54, 1.807) is 0 Å². The summed E-state index contributed by atoms with van der Waals surface area (Å²) in [5.41, 5.74) is 3.45. The molecule has 0 atom stereocenters. The van der Waals surface area contributed by atoms with Crippen LogP contribution in [0.2, 0.25) is 0 Å². The molecule has 0 radical (unpaired) electrons. The summed E-state index contributed by atoms with van der Waals surface area (Å²) in [6.45, 7) is 0.732. The molecule has 2 N–H and O–H groups in total. The van der Waals surface area contributed by atoms with Gasteiger partial charge in [0.2, 0.25) is 0 Å². The third kappa shape index (κ3) is 3.76. The first-order valence-electron chi connectivity index (χ1n) is 15.6. The van der Waals surface area contributed by atoms with Gasteiger partial charge in [0.25, 0.3) is 0 Å². The largest absolute Gasteiger partial charge is 0.491 e. The van der Waals surface area contributed by atoms with E-state index < -0.39 is 0 Å². The molecule has 0 spiro atoms. The van der Waals surface area contributed by atoms with Crippen molar-refractivity contribution in [2.75, 3.05) is 26.4 Å². The van der Waals surface area contributed by atoms with E-state index >= 15 is 0 Å². The van der Waals surface area contributed by atoms with E-state index in [2.05, 4.69) is 24.3 Å². The first kappa shape index (κ1) is 24.1. The fraction of sp³-hybridized carbons (Fsp3) is 0.706. The molecule has 0 aliphatic heterocycles. The molecule has 8 aliphatic rings. The van der Waals surface area contributed by atoms with Crippen LogP contribution in [0.1, 0.15) is 88.2 Å². The van der Waals surface area contributed by atoms with Gasteiger partial charge in [0.15, 0.2) is 0 Å². The van der Waals surface area contributed by atoms with Gasteiger partial charge in [-0.25, -0.2) is 0 Å².